The van der Waals surface area contributed by atoms with Gasteiger partial charge in [0, 0.05) is 5.92 Å². The molecular formula is C13H15N3O3. The number of primary amides is 1. The maximum Gasteiger partial charge on any atom is 0.337 e. The molecule has 0 atom stereocenters. The van der Waals surface area contributed by atoms with Gasteiger partial charge in [-0.15, -0.1) is 0 Å². The van der Waals surface area contributed by atoms with Crippen LogP contribution in [0.2, 0.25) is 0 Å². The summed E-state index contributed by atoms with van der Waals surface area (Å²) >= 11 is 0. The predicted molar refractivity (Wildman–Crippen MR) is 70.0 cm³/mol. The van der Waals surface area contributed by atoms with Gasteiger partial charge in [0.05, 0.1) is 16.6 Å². The van der Waals surface area contributed by atoms with Crippen LogP contribution in [-0.2, 0) is 11.3 Å². The quantitative estimate of drug-likeness (QED) is 0.867. The Labute approximate surface area is 109 Å². The van der Waals surface area contributed by atoms with Gasteiger partial charge < -0.3 is 15.4 Å². The van der Waals surface area contributed by atoms with E-state index in [1.807, 2.05) is 13.8 Å². The summed E-state index contributed by atoms with van der Waals surface area (Å²) in [6.07, 6.45) is 0. The van der Waals surface area contributed by atoms with Gasteiger partial charge in [-0.3, -0.25) is 4.79 Å². The van der Waals surface area contributed by atoms with E-state index >= 15 is 0 Å². The fraction of sp³-hybridized carbons (Fsp3) is 0.308. The van der Waals surface area contributed by atoms with Crippen LogP contribution >= 0.6 is 0 Å². The normalized spacial score (nSPS) is 11.1. The topological polar surface area (TPSA) is 98.2 Å². The van der Waals surface area contributed by atoms with Crippen molar-refractivity contribution in [3.05, 3.63) is 29.6 Å². The molecule has 2 rings (SSSR count). The first-order chi connectivity index (χ1) is 8.91. The summed E-state index contributed by atoms with van der Waals surface area (Å²) in [4.78, 5) is 26.9. The summed E-state index contributed by atoms with van der Waals surface area (Å²) in [7, 11) is 0. The molecular weight excluding hydrogens is 246 g/mol. The van der Waals surface area contributed by atoms with Crippen LogP contribution in [0.25, 0.3) is 11.0 Å². The molecule has 0 aliphatic rings. The Morgan fingerprint density at radius 1 is 1.42 bits per heavy atom. The van der Waals surface area contributed by atoms with E-state index in [1.165, 1.54) is 6.07 Å². The fourth-order valence-electron chi connectivity index (χ4n) is 2.13. The average Bonchev–Trinajstić information content (AvgIpc) is 2.67. The van der Waals surface area contributed by atoms with E-state index in [0.29, 0.717) is 16.9 Å². The number of aromatic carboxylic acids is 1. The van der Waals surface area contributed by atoms with Crippen molar-refractivity contribution >= 4 is 22.9 Å². The van der Waals surface area contributed by atoms with Crippen molar-refractivity contribution in [2.45, 2.75) is 26.3 Å². The van der Waals surface area contributed by atoms with E-state index in [0.717, 1.165) is 0 Å². The minimum absolute atomic E-state index is 0.0633. The number of benzene rings is 1. The maximum absolute atomic E-state index is 11.3. The molecule has 6 heteroatoms. The number of para-hydroxylation sites is 1. The van der Waals surface area contributed by atoms with Crippen molar-refractivity contribution in [2.75, 3.05) is 0 Å². The highest BCUT2D eigenvalue weighted by Gasteiger charge is 2.19. The number of hydrogen-bond donors (Lipinski definition) is 2. The molecule has 19 heavy (non-hydrogen) atoms. The molecule has 1 aromatic carbocycles. The van der Waals surface area contributed by atoms with Gasteiger partial charge in [0.25, 0.3) is 0 Å². The molecule has 1 heterocycles. The van der Waals surface area contributed by atoms with Crippen LogP contribution in [0.3, 0.4) is 0 Å². The molecule has 6 nitrogen and oxygen atoms in total. The number of carboxylic acids is 1. The van der Waals surface area contributed by atoms with E-state index in [-0.39, 0.29) is 18.0 Å². The second kappa shape index (κ2) is 4.72. The van der Waals surface area contributed by atoms with Gasteiger partial charge in [0.1, 0.15) is 12.4 Å². The molecule has 1 amide bonds. The molecule has 2 aromatic rings. The van der Waals surface area contributed by atoms with E-state index < -0.39 is 11.9 Å². The Balaban J connectivity index is 2.80. The third-order valence-corrected chi connectivity index (χ3v) is 2.86. The van der Waals surface area contributed by atoms with Gasteiger partial charge in [-0.2, -0.15) is 0 Å². The highest BCUT2D eigenvalue weighted by Crippen LogP contribution is 2.24. The third kappa shape index (κ3) is 2.29. The van der Waals surface area contributed by atoms with Crippen molar-refractivity contribution in [2.24, 2.45) is 5.73 Å². The highest BCUT2D eigenvalue weighted by molar-refractivity contribution is 6.01. The number of carboxylic acid groups (broad SMARTS) is 1. The lowest BCUT2D eigenvalue weighted by atomic mass is 10.2. The summed E-state index contributed by atoms with van der Waals surface area (Å²) in [5.41, 5.74) is 6.36. The number of fused-ring (bicyclic) bond motifs is 1. The second-order valence-corrected chi connectivity index (χ2v) is 4.66. The molecule has 0 saturated carbocycles. The lowest BCUT2D eigenvalue weighted by molar-refractivity contribution is -0.118. The summed E-state index contributed by atoms with van der Waals surface area (Å²) in [6.45, 7) is 3.78. The molecule has 0 saturated heterocycles. The molecule has 0 unspecified atom stereocenters. The number of carbonyl (C=O) groups excluding carboxylic acids is 1. The highest BCUT2D eigenvalue weighted by atomic mass is 16.4. The van der Waals surface area contributed by atoms with Crippen LogP contribution in [0.15, 0.2) is 18.2 Å². The van der Waals surface area contributed by atoms with Crippen molar-refractivity contribution in [3.63, 3.8) is 0 Å². The van der Waals surface area contributed by atoms with Gasteiger partial charge >= 0.3 is 5.97 Å². The summed E-state index contributed by atoms with van der Waals surface area (Å²) in [5.74, 6) is -0.858. The van der Waals surface area contributed by atoms with E-state index in [4.69, 9.17) is 5.73 Å². The predicted octanol–water partition coefficient (Wildman–Crippen LogP) is 1.34. The molecule has 1 aromatic heterocycles. The number of nitrogens with zero attached hydrogens (tertiary/aromatic N) is 2. The number of carbonyl (C=O) groups is 2. The summed E-state index contributed by atoms with van der Waals surface area (Å²) in [6, 6.07) is 4.86. The number of imidazole rings is 1. The van der Waals surface area contributed by atoms with Crippen molar-refractivity contribution in [3.8, 4) is 0 Å². The monoisotopic (exact) mass is 261 g/mol. The number of amides is 1. The minimum Gasteiger partial charge on any atom is -0.478 e. The molecule has 100 valence electrons. The van der Waals surface area contributed by atoms with Crippen molar-refractivity contribution in [1.82, 2.24) is 9.55 Å². The Morgan fingerprint density at radius 3 is 2.63 bits per heavy atom. The first-order valence-electron chi connectivity index (χ1n) is 5.92. The maximum atomic E-state index is 11.3. The lowest BCUT2D eigenvalue weighted by Crippen LogP contribution is -2.21. The van der Waals surface area contributed by atoms with E-state index in [2.05, 4.69) is 4.98 Å². The van der Waals surface area contributed by atoms with Gasteiger partial charge in [-0.25, -0.2) is 9.78 Å². The molecule has 0 fully saturated rings. The van der Waals surface area contributed by atoms with Gasteiger partial charge in [0.2, 0.25) is 5.91 Å². The zero-order valence-corrected chi connectivity index (χ0v) is 10.8. The standard InChI is InChI=1S/C13H15N3O3/c1-7(2)12-15-9-5-3-4-8(13(18)19)11(9)16(12)6-10(14)17/h3-5,7H,6H2,1-2H3,(H2,14,17)(H,18,19). The van der Waals surface area contributed by atoms with Gasteiger partial charge in [-0.1, -0.05) is 19.9 Å². The number of nitrogens with two attached hydrogens (primary N) is 1. The van der Waals surface area contributed by atoms with Gasteiger partial charge in [-0.05, 0) is 12.1 Å². The summed E-state index contributed by atoms with van der Waals surface area (Å²) < 4.78 is 1.59. The summed E-state index contributed by atoms with van der Waals surface area (Å²) in [5, 5.41) is 9.23. The molecule has 0 aliphatic carbocycles. The molecule has 0 radical (unpaired) electrons. The zero-order chi connectivity index (χ0) is 14.2. The van der Waals surface area contributed by atoms with Crippen LogP contribution in [0.5, 0.6) is 0 Å². The first-order valence-corrected chi connectivity index (χ1v) is 5.92. The largest absolute Gasteiger partial charge is 0.478 e. The van der Waals surface area contributed by atoms with E-state index in [9.17, 15) is 14.7 Å². The smallest absolute Gasteiger partial charge is 0.337 e. The Morgan fingerprint density at radius 2 is 2.11 bits per heavy atom. The lowest BCUT2D eigenvalue weighted by Gasteiger charge is -2.10. The SMILES string of the molecule is CC(C)c1nc2cccc(C(=O)O)c2n1CC(N)=O. The van der Waals surface area contributed by atoms with Crippen molar-refractivity contribution in [1.29, 1.82) is 0 Å². The Bertz CT molecular complexity index is 658. The second-order valence-electron chi connectivity index (χ2n) is 4.66. The van der Waals surface area contributed by atoms with E-state index in [1.54, 1.807) is 16.7 Å². The molecule has 0 spiro atoms. The van der Waals surface area contributed by atoms with Gasteiger partial charge in [0.15, 0.2) is 0 Å². The zero-order valence-electron chi connectivity index (χ0n) is 10.8. The number of rotatable bonds is 4. The molecule has 0 bridgehead atoms. The fourth-order valence-corrected chi connectivity index (χ4v) is 2.13. The van der Waals surface area contributed by atoms with Crippen LogP contribution in [0.4, 0.5) is 0 Å². The first kappa shape index (κ1) is 13.1. The minimum atomic E-state index is -1.05. The van der Waals surface area contributed by atoms with Crippen LogP contribution in [0, 0.1) is 0 Å². The third-order valence-electron chi connectivity index (χ3n) is 2.86. The average molecular weight is 261 g/mol. The number of hydrogen-bond acceptors (Lipinski definition) is 3. The molecule has 3 N–H and O–H groups in total. The Kier molecular flexibility index (Phi) is 3.25. The number of aromatic nitrogens is 2. The van der Waals surface area contributed by atoms with Crippen LogP contribution in [-0.4, -0.2) is 26.5 Å². The van der Waals surface area contributed by atoms with Crippen molar-refractivity contribution < 1.29 is 14.7 Å². The Hall–Kier alpha value is -2.37. The molecule has 0 aliphatic heterocycles. The van der Waals surface area contributed by atoms with Crippen LogP contribution < -0.4 is 5.73 Å². The van der Waals surface area contributed by atoms with Crippen LogP contribution in [0.1, 0.15) is 35.9 Å².